The van der Waals surface area contributed by atoms with Gasteiger partial charge in [0.1, 0.15) is 17.4 Å². The molecule has 1 aliphatic carbocycles. The molecule has 92 valence electrons. The highest BCUT2D eigenvalue weighted by molar-refractivity contribution is 5.39. The summed E-state index contributed by atoms with van der Waals surface area (Å²) in [5, 5.41) is 0. The van der Waals surface area contributed by atoms with E-state index in [9.17, 15) is 0 Å². The van der Waals surface area contributed by atoms with Crippen LogP contribution in [0.4, 0.5) is 5.82 Å². The molecule has 0 aliphatic heterocycles. The van der Waals surface area contributed by atoms with Crippen molar-refractivity contribution in [3.8, 4) is 11.6 Å². The smallest absolute Gasteiger partial charge is 0.224 e. The number of aromatic nitrogens is 3. The lowest BCUT2D eigenvalue weighted by atomic mass is 10.4. The Morgan fingerprint density at radius 1 is 1.33 bits per heavy atom. The zero-order valence-corrected chi connectivity index (χ0v) is 9.71. The van der Waals surface area contributed by atoms with E-state index < -0.39 is 0 Å². The number of nitrogens with one attached hydrogen (secondary N) is 1. The molecule has 0 unspecified atom stereocenters. The minimum atomic E-state index is 0.439. The molecular formula is C12H13N5O. The van der Waals surface area contributed by atoms with Crippen LogP contribution in [0.25, 0.3) is 0 Å². The normalized spacial score (nSPS) is 14.3. The Bertz CT molecular complexity index is 541. The Hall–Kier alpha value is -2.21. The first kappa shape index (κ1) is 10.9. The number of pyridine rings is 1. The third kappa shape index (κ3) is 2.38. The number of anilines is 1. The molecule has 2 aromatic heterocycles. The van der Waals surface area contributed by atoms with Crippen molar-refractivity contribution >= 4 is 5.82 Å². The predicted molar refractivity (Wildman–Crippen MR) is 66.1 cm³/mol. The van der Waals surface area contributed by atoms with Gasteiger partial charge in [-0.3, -0.25) is 4.98 Å². The van der Waals surface area contributed by atoms with Crippen LogP contribution in [0.15, 0.2) is 30.6 Å². The summed E-state index contributed by atoms with van der Waals surface area (Å²) in [6.45, 7) is 0. The molecule has 2 heterocycles. The van der Waals surface area contributed by atoms with Crippen LogP contribution < -0.4 is 16.0 Å². The van der Waals surface area contributed by atoms with Crippen LogP contribution in [-0.4, -0.2) is 15.0 Å². The van der Waals surface area contributed by atoms with Gasteiger partial charge in [0.15, 0.2) is 0 Å². The Morgan fingerprint density at radius 3 is 2.89 bits per heavy atom. The van der Waals surface area contributed by atoms with Crippen molar-refractivity contribution in [2.45, 2.75) is 18.8 Å². The topological polar surface area (TPSA) is 86.0 Å². The van der Waals surface area contributed by atoms with Crippen molar-refractivity contribution in [1.82, 2.24) is 15.0 Å². The molecule has 2 aromatic rings. The average Bonchev–Trinajstić information content (AvgIpc) is 3.24. The zero-order chi connectivity index (χ0) is 12.4. The fourth-order valence-corrected chi connectivity index (χ4v) is 1.62. The monoisotopic (exact) mass is 243 g/mol. The first-order chi connectivity index (χ1) is 8.85. The second-order valence-corrected chi connectivity index (χ2v) is 4.16. The van der Waals surface area contributed by atoms with Gasteiger partial charge in [-0.15, -0.1) is 0 Å². The molecule has 0 atom stereocenters. The number of nitrogens with two attached hydrogens (primary N) is 1. The molecule has 1 fully saturated rings. The fourth-order valence-electron chi connectivity index (χ4n) is 1.62. The second kappa shape index (κ2) is 4.58. The van der Waals surface area contributed by atoms with Crippen LogP contribution in [0.3, 0.4) is 0 Å². The maximum absolute atomic E-state index is 5.63. The minimum Gasteiger partial charge on any atom is -0.437 e. The van der Waals surface area contributed by atoms with Crippen LogP contribution >= 0.6 is 0 Å². The summed E-state index contributed by atoms with van der Waals surface area (Å²) in [4.78, 5) is 12.7. The van der Waals surface area contributed by atoms with Crippen LogP contribution in [0.2, 0.25) is 0 Å². The first-order valence-electron chi connectivity index (χ1n) is 5.78. The summed E-state index contributed by atoms with van der Waals surface area (Å²) in [6, 6.07) is 5.29. The fraction of sp³-hybridized carbons (Fsp3) is 0.250. The van der Waals surface area contributed by atoms with E-state index in [1.807, 2.05) is 6.07 Å². The molecule has 0 aromatic carbocycles. The van der Waals surface area contributed by atoms with E-state index in [1.54, 1.807) is 24.5 Å². The molecule has 0 spiro atoms. The van der Waals surface area contributed by atoms with E-state index in [0.29, 0.717) is 23.4 Å². The highest BCUT2D eigenvalue weighted by Gasteiger charge is 2.27. The minimum absolute atomic E-state index is 0.439. The van der Waals surface area contributed by atoms with E-state index in [0.717, 1.165) is 18.7 Å². The standard InChI is InChI=1S/C12H13N5O/c13-17-10-6-11(16-12(15-10)8-3-4-8)18-9-2-1-5-14-7-9/h1-2,5-8H,3-4,13H2,(H,15,16,17). The summed E-state index contributed by atoms with van der Waals surface area (Å²) in [5.41, 5.74) is 2.53. The lowest BCUT2D eigenvalue weighted by Gasteiger charge is -2.08. The maximum atomic E-state index is 5.63. The van der Waals surface area contributed by atoms with Gasteiger partial charge >= 0.3 is 0 Å². The lowest BCUT2D eigenvalue weighted by Crippen LogP contribution is -2.10. The lowest BCUT2D eigenvalue weighted by molar-refractivity contribution is 0.457. The zero-order valence-electron chi connectivity index (χ0n) is 9.71. The van der Waals surface area contributed by atoms with Crippen molar-refractivity contribution in [2.24, 2.45) is 5.84 Å². The molecule has 0 amide bonds. The third-order valence-corrected chi connectivity index (χ3v) is 2.67. The number of nitrogen functional groups attached to an aromatic ring is 1. The number of rotatable bonds is 4. The van der Waals surface area contributed by atoms with E-state index in [1.165, 1.54) is 0 Å². The largest absolute Gasteiger partial charge is 0.437 e. The molecule has 3 N–H and O–H groups in total. The molecule has 0 saturated heterocycles. The van der Waals surface area contributed by atoms with Gasteiger partial charge in [0.25, 0.3) is 0 Å². The van der Waals surface area contributed by atoms with Gasteiger partial charge in [-0.05, 0) is 25.0 Å². The van der Waals surface area contributed by atoms with Gasteiger partial charge in [-0.1, -0.05) is 0 Å². The van der Waals surface area contributed by atoms with Crippen molar-refractivity contribution in [3.05, 3.63) is 36.4 Å². The molecule has 18 heavy (non-hydrogen) atoms. The highest BCUT2D eigenvalue weighted by Crippen LogP contribution is 2.39. The van der Waals surface area contributed by atoms with Gasteiger partial charge < -0.3 is 10.2 Å². The third-order valence-electron chi connectivity index (χ3n) is 2.67. The molecule has 1 aliphatic rings. The average molecular weight is 243 g/mol. The SMILES string of the molecule is NNc1cc(Oc2cccnc2)nc(C2CC2)n1. The molecule has 3 rings (SSSR count). The number of nitrogens with zero attached hydrogens (tertiary/aromatic N) is 3. The van der Waals surface area contributed by atoms with E-state index >= 15 is 0 Å². The summed E-state index contributed by atoms with van der Waals surface area (Å²) >= 11 is 0. The first-order valence-corrected chi connectivity index (χ1v) is 5.78. The Morgan fingerprint density at radius 2 is 2.22 bits per heavy atom. The summed E-state index contributed by atoms with van der Waals surface area (Å²) in [7, 11) is 0. The van der Waals surface area contributed by atoms with E-state index in [2.05, 4.69) is 20.4 Å². The van der Waals surface area contributed by atoms with E-state index in [-0.39, 0.29) is 0 Å². The molecule has 1 saturated carbocycles. The van der Waals surface area contributed by atoms with Crippen LogP contribution in [-0.2, 0) is 0 Å². The van der Waals surface area contributed by atoms with Crippen molar-refractivity contribution in [1.29, 1.82) is 0 Å². The van der Waals surface area contributed by atoms with Crippen molar-refractivity contribution in [3.63, 3.8) is 0 Å². The predicted octanol–water partition coefficient (Wildman–Crippen LogP) is 1.83. The Balaban J connectivity index is 1.88. The van der Waals surface area contributed by atoms with Gasteiger partial charge in [0.2, 0.25) is 5.88 Å². The van der Waals surface area contributed by atoms with Crippen LogP contribution in [0, 0.1) is 0 Å². The quantitative estimate of drug-likeness (QED) is 0.629. The number of hydrogen-bond acceptors (Lipinski definition) is 6. The molecular weight excluding hydrogens is 230 g/mol. The van der Waals surface area contributed by atoms with Gasteiger partial charge in [0.05, 0.1) is 6.20 Å². The van der Waals surface area contributed by atoms with Crippen molar-refractivity contribution < 1.29 is 4.74 Å². The van der Waals surface area contributed by atoms with Crippen LogP contribution in [0.5, 0.6) is 11.6 Å². The maximum Gasteiger partial charge on any atom is 0.224 e. The van der Waals surface area contributed by atoms with Crippen molar-refractivity contribution in [2.75, 3.05) is 5.43 Å². The molecule has 0 bridgehead atoms. The highest BCUT2D eigenvalue weighted by atomic mass is 16.5. The summed E-state index contributed by atoms with van der Waals surface area (Å²) < 4.78 is 5.63. The second-order valence-electron chi connectivity index (χ2n) is 4.16. The van der Waals surface area contributed by atoms with Crippen LogP contribution in [0.1, 0.15) is 24.6 Å². The Labute approximate surface area is 104 Å². The Kier molecular flexibility index (Phi) is 2.77. The number of ether oxygens (including phenoxy) is 1. The number of hydrazine groups is 1. The molecule has 0 radical (unpaired) electrons. The van der Waals surface area contributed by atoms with Gasteiger partial charge in [-0.2, -0.15) is 4.98 Å². The summed E-state index contributed by atoms with van der Waals surface area (Å²) in [5.74, 6) is 8.29. The molecule has 6 heteroatoms. The van der Waals surface area contributed by atoms with E-state index in [4.69, 9.17) is 10.6 Å². The van der Waals surface area contributed by atoms with Gasteiger partial charge in [-0.25, -0.2) is 10.8 Å². The van der Waals surface area contributed by atoms with Gasteiger partial charge in [0, 0.05) is 18.2 Å². The molecule has 6 nitrogen and oxygen atoms in total. The number of hydrogen-bond donors (Lipinski definition) is 2. The summed E-state index contributed by atoms with van der Waals surface area (Å²) in [6.07, 6.45) is 5.57.